The van der Waals surface area contributed by atoms with E-state index in [4.69, 9.17) is 4.74 Å². The molecule has 2 rings (SSSR count). The molecule has 0 aliphatic carbocycles. The number of ether oxygens (including phenoxy) is 1. The van der Waals surface area contributed by atoms with Gasteiger partial charge in [-0.15, -0.1) is 0 Å². The van der Waals surface area contributed by atoms with E-state index in [1.54, 1.807) is 0 Å². The maximum atomic E-state index is 5.74. The fourth-order valence-corrected chi connectivity index (χ4v) is 2.36. The van der Waals surface area contributed by atoms with Gasteiger partial charge < -0.3 is 9.72 Å². The molecule has 3 heteroatoms. The van der Waals surface area contributed by atoms with Gasteiger partial charge in [-0.05, 0) is 57.4 Å². The lowest BCUT2D eigenvalue weighted by molar-refractivity contribution is -0.00381. The fraction of sp³-hybridized carbons (Fsp3) is 0.467. The number of aryl methyl sites for hydroxylation is 1. The van der Waals surface area contributed by atoms with Crippen LogP contribution >= 0.6 is 15.9 Å². The molecule has 2 nitrogen and oxygen atoms in total. The number of rotatable bonds is 4. The minimum Gasteiger partial charge on any atom is -0.376 e. The van der Waals surface area contributed by atoms with Gasteiger partial charge in [-0.1, -0.05) is 15.9 Å². The summed E-state index contributed by atoms with van der Waals surface area (Å²) in [6.07, 6.45) is 4.21. The van der Waals surface area contributed by atoms with Crippen LogP contribution in [0.25, 0.3) is 10.9 Å². The third kappa shape index (κ3) is 3.59. The summed E-state index contributed by atoms with van der Waals surface area (Å²) in [5.41, 5.74) is 2.53. The molecule has 0 aliphatic heterocycles. The second-order valence-corrected chi connectivity index (χ2v) is 6.48. The summed E-state index contributed by atoms with van der Waals surface area (Å²) in [5.74, 6) is 0. The first kappa shape index (κ1) is 13.6. The Bertz CT molecular complexity index is 525. The van der Waals surface area contributed by atoms with Crippen LogP contribution in [-0.4, -0.2) is 17.2 Å². The van der Waals surface area contributed by atoms with E-state index in [2.05, 4.69) is 66.1 Å². The van der Waals surface area contributed by atoms with Crippen molar-refractivity contribution < 1.29 is 4.74 Å². The molecule has 0 atom stereocenters. The van der Waals surface area contributed by atoms with E-state index in [9.17, 15) is 0 Å². The van der Waals surface area contributed by atoms with Crippen molar-refractivity contribution in [2.75, 3.05) is 6.61 Å². The van der Waals surface area contributed by atoms with E-state index in [0.717, 1.165) is 23.9 Å². The van der Waals surface area contributed by atoms with Gasteiger partial charge in [0.2, 0.25) is 0 Å². The molecule has 18 heavy (non-hydrogen) atoms. The van der Waals surface area contributed by atoms with Crippen LogP contribution in [0, 0.1) is 0 Å². The molecule has 0 saturated carbocycles. The summed E-state index contributed by atoms with van der Waals surface area (Å²) in [4.78, 5) is 3.31. The standard InChI is InChI=1S/C15H20BrNO/c1-15(2,3)18-8-4-5-11-10-17-14-7-6-12(16)9-13(11)14/h6-7,9-10,17H,4-5,8H2,1-3H3. The maximum absolute atomic E-state index is 5.74. The highest BCUT2D eigenvalue weighted by atomic mass is 79.9. The van der Waals surface area contributed by atoms with Crippen molar-refractivity contribution >= 4 is 26.8 Å². The Kier molecular flexibility index (Phi) is 4.13. The van der Waals surface area contributed by atoms with Crippen LogP contribution in [0.15, 0.2) is 28.9 Å². The predicted octanol–water partition coefficient (Wildman–Crippen LogP) is 4.68. The van der Waals surface area contributed by atoms with Gasteiger partial charge in [-0.2, -0.15) is 0 Å². The van der Waals surface area contributed by atoms with Gasteiger partial charge in [0.25, 0.3) is 0 Å². The monoisotopic (exact) mass is 309 g/mol. The lowest BCUT2D eigenvalue weighted by Crippen LogP contribution is -2.19. The molecule has 0 bridgehead atoms. The quantitative estimate of drug-likeness (QED) is 0.815. The number of hydrogen-bond donors (Lipinski definition) is 1. The van der Waals surface area contributed by atoms with Gasteiger partial charge in [0.1, 0.15) is 0 Å². The van der Waals surface area contributed by atoms with Crippen LogP contribution < -0.4 is 0 Å². The van der Waals surface area contributed by atoms with Crippen LogP contribution in [-0.2, 0) is 11.2 Å². The van der Waals surface area contributed by atoms with E-state index in [-0.39, 0.29) is 5.60 Å². The minimum absolute atomic E-state index is 0.0385. The van der Waals surface area contributed by atoms with Crippen molar-refractivity contribution in [1.82, 2.24) is 4.98 Å². The molecular weight excluding hydrogens is 290 g/mol. The highest BCUT2D eigenvalue weighted by Crippen LogP contribution is 2.23. The summed E-state index contributed by atoms with van der Waals surface area (Å²) in [6, 6.07) is 6.34. The first-order chi connectivity index (χ1) is 8.46. The van der Waals surface area contributed by atoms with Crippen molar-refractivity contribution in [2.45, 2.75) is 39.2 Å². The number of nitrogens with one attached hydrogen (secondary N) is 1. The predicted molar refractivity (Wildman–Crippen MR) is 80.0 cm³/mol. The van der Waals surface area contributed by atoms with Gasteiger partial charge in [0.15, 0.2) is 0 Å². The molecule has 1 aromatic heterocycles. The maximum Gasteiger partial charge on any atom is 0.0598 e. The summed E-state index contributed by atoms with van der Waals surface area (Å²) < 4.78 is 6.87. The SMILES string of the molecule is CC(C)(C)OCCCc1c[nH]c2ccc(Br)cc12. The van der Waals surface area contributed by atoms with E-state index in [1.807, 2.05) is 0 Å². The third-order valence-corrected chi connectivity index (χ3v) is 3.35. The van der Waals surface area contributed by atoms with Crippen LogP contribution in [0.3, 0.4) is 0 Å². The number of aromatic amines is 1. The van der Waals surface area contributed by atoms with Crippen LogP contribution in [0.1, 0.15) is 32.8 Å². The smallest absolute Gasteiger partial charge is 0.0598 e. The third-order valence-electron chi connectivity index (χ3n) is 2.85. The van der Waals surface area contributed by atoms with Gasteiger partial charge in [-0.3, -0.25) is 0 Å². The number of H-pyrrole nitrogens is 1. The molecule has 1 N–H and O–H groups in total. The Hall–Kier alpha value is -0.800. The molecular formula is C15H20BrNO. The number of halogens is 1. The lowest BCUT2D eigenvalue weighted by Gasteiger charge is -2.19. The molecule has 0 fully saturated rings. The second kappa shape index (κ2) is 5.45. The Labute approximate surface area is 117 Å². The molecule has 0 aliphatic rings. The average Bonchev–Trinajstić information content (AvgIpc) is 2.66. The lowest BCUT2D eigenvalue weighted by atomic mass is 10.1. The molecule has 0 saturated heterocycles. The first-order valence-electron chi connectivity index (χ1n) is 6.35. The van der Waals surface area contributed by atoms with Gasteiger partial charge in [0.05, 0.1) is 5.60 Å². The highest BCUT2D eigenvalue weighted by molar-refractivity contribution is 9.10. The molecule has 98 valence electrons. The highest BCUT2D eigenvalue weighted by Gasteiger charge is 2.10. The van der Waals surface area contributed by atoms with Crippen LogP contribution in [0.5, 0.6) is 0 Å². The van der Waals surface area contributed by atoms with E-state index in [1.165, 1.54) is 16.5 Å². The van der Waals surface area contributed by atoms with Crippen LogP contribution in [0.2, 0.25) is 0 Å². The van der Waals surface area contributed by atoms with Crippen molar-refractivity contribution in [2.24, 2.45) is 0 Å². The van der Waals surface area contributed by atoms with Crippen molar-refractivity contribution in [3.05, 3.63) is 34.4 Å². The topological polar surface area (TPSA) is 25.0 Å². The van der Waals surface area contributed by atoms with E-state index >= 15 is 0 Å². The normalized spacial score (nSPS) is 12.2. The number of fused-ring (bicyclic) bond motifs is 1. The molecule has 1 aromatic carbocycles. The fourth-order valence-electron chi connectivity index (χ4n) is 2.00. The summed E-state index contributed by atoms with van der Waals surface area (Å²) in [5, 5.41) is 1.31. The zero-order valence-electron chi connectivity index (χ0n) is 11.2. The number of hydrogen-bond acceptors (Lipinski definition) is 1. The largest absolute Gasteiger partial charge is 0.376 e. The van der Waals surface area contributed by atoms with Crippen molar-refractivity contribution in [3.63, 3.8) is 0 Å². The molecule has 1 heterocycles. The molecule has 0 spiro atoms. The first-order valence-corrected chi connectivity index (χ1v) is 7.14. The second-order valence-electron chi connectivity index (χ2n) is 5.57. The summed E-state index contributed by atoms with van der Waals surface area (Å²) in [6.45, 7) is 7.09. The number of aromatic nitrogens is 1. The van der Waals surface area contributed by atoms with E-state index < -0.39 is 0 Å². The molecule has 0 unspecified atom stereocenters. The van der Waals surface area contributed by atoms with E-state index in [0.29, 0.717) is 0 Å². The summed E-state index contributed by atoms with van der Waals surface area (Å²) >= 11 is 3.52. The summed E-state index contributed by atoms with van der Waals surface area (Å²) in [7, 11) is 0. The molecule has 0 radical (unpaired) electrons. The Balaban J connectivity index is 1.98. The van der Waals surface area contributed by atoms with Crippen molar-refractivity contribution in [3.8, 4) is 0 Å². The Morgan fingerprint density at radius 3 is 2.78 bits per heavy atom. The van der Waals surface area contributed by atoms with Gasteiger partial charge in [-0.25, -0.2) is 0 Å². The molecule has 0 amide bonds. The van der Waals surface area contributed by atoms with Gasteiger partial charge in [0, 0.05) is 28.2 Å². The minimum atomic E-state index is -0.0385. The average molecular weight is 310 g/mol. The molecule has 2 aromatic rings. The van der Waals surface area contributed by atoms with Crippen molar-refractivity contribution in [1.29, 1.82) is 0 Å². The Morgan fingerprint density at radius 2 is 2.06 bits per heavy atom. The zero-order chi connectivity index (χ0) is 13.2. The number of benzene rings is 1. The van der Waals surface area contributed by atoms with Gasteiger partial charge >= 0.3 is 0 Å². The zero-order valence-corrected chi connectivity index (χ0v) is 12.8. The Morgan fingerprint density at radius 1 is 1.28 bits per heavy atom. The van der Waals surface area contributed by atoms with Crippen LogP contribution in [0.4, 0.5) is 0 Å².